The van der Waals surface area contributed by atoms with Gasteiger partial charge in [-0.3, -0.25) is 29.5 Å². The van der Waals surface area contributed by atoms with Crippen molar-refractivity contribution in [1.29, 1.82) is 0 Å². The maximum absolute atomic E-state index is 11.6. The molecule has 90 heavy (non-hydrogen) atoms. The fourth-order valence-corrected chi connectivity index (χ4v) is 10.3. The first-order chi connectivity index (χ1) is 44.1. The number of hydrogen-bond acceptors (Lipinski definition) is 16. The Morgan fingerprint density at radius 1 is 0.244 bits per heavy atom. The van der Waals surface area contributed by atoms with E-state index >= 15 is 0 Å². The summed E-state index contributed by atoms with van der Waals surface area (Å²) in [5.41, 5.74) is 4.78. The molecule has 0 aliphatic heterocycles. The molecule has 18 rings (SSSR count). The highest BCUT2D eigenvalue weighted by Gasteiger charge is 2.11. The van der Waals surface area contributed by atoms with E-state index in [9.17, 15) is 28.8 Å². The summed E-state index contributed by atoms with van der Waals surface area (Å²) in [6.07, 6.45) is 14.0. The van der Waals surface area contributed by atoms with Crippen molar-refractivity contribution < 1.29 is 17.7 Å². The van der Waals surface area contributed by atoms with Gasteiger partial charge in [0.25, 0.3) is 11.1 Å². The fraction of sp³-hybridized carbons (Fsp3) is 0. The van der Waals surface area contributed by atoms with Gasteiger partial charge in [0, 0.05) is 94.0 Å². The first-order valence-electron chi connectivity index (χ1n) is 27.9. The number of pyridine rings is 6. The van der Waals surface area contributed by atoms with Gasteiger partial charge in [0.1, 0.15) is 33.5 Å². The van der Waals surface area contributed by atoms with Crippen LogP contribution in [0.4, 0.5) is 0 Å². The van der Waals surface area contributed by atoms with Crippen molar-refractivity contribution in [3.63, 3.8) is 0 Å². The van der Waals surface area contributed by atoms with Crippen LogP contribution in [-0.2, 0) is 0 Å². The molecule has 18 aromatic rings. The average Bonchev–Trinajstić information content (AvgIpc) is 1.11. The van der Waals surface area contributed by atoms with Crippen molar-refractivity contribution in [3.05, 3.63) is 330 Å². The molecule has 6 aromatic carbocycles. The molecule has 0 saturated carbocycles. The Labute approximate surface area is 504 Å². The summed E-state index contributed by atoms with van der Waals surface area (Å²) in [6, 6.07) is 66.1. The number of aromatic nitrogens is 8. The molecule has 0 spiro atoms. The molecule has 0 aliphatic carbocycles. The molecule has 0 aliphatic rings. The highest BCUT2D eigenvalue weighted by Crippen LogP contribution is 2.24. The molecule has 12 heterocycles. The minimum atomic E-state index is -0.336. The van der Waals surface area contributed by atoms with E-state index in [4.69, 9.17) is 17.7 Å². The van der Waals surface area contributed by atoms with Gasteiger partial charge in [0.2, 0.25) is 0 Å². The van der Waals surface area contributed by atoms with Gasteiger partial charge < -0.3 is 26.5 Å². The van der Waals surface area contributed by atoms with Crippen LogP contribution in [0.3, 0.4) is 0 Å². The van der Waals surface area contributed by atoms with Crippen LogP contribution < -0.4 is 33.6 Å². The molecule has 432 valence electrons. The van der Waals surface area contributed by atoms with Gasteiger partial charge in [-0.05, 0) is 108 Å². The van der Waals surface area contributed by atoms with E-state index in [1.165, 1.54) is 12.1 Å². The van der Waals surface area contributed by atoms with Crippen LogP contribution in [0.15, 0.2) is 314 Å². The number of hydrogen-bond donors (Lipinski definition) is 0. The number of fused-ring (bicyclic) bond motifs is 18. The Kier molecular flexibility index (Phi) is 15.6. The highest BCUT2D eigenvalue weighted by molar-refractivity contribution is 6.04. The Morgan fingerprint density at radius 3 is 0.956 bits per heavy atom. The minimum Gasteiger partial charge on any atom is -0.422 e. The zero-order valence-electron chi connectivity index (χ0n) is 47.1. The second-order valence-electron chi connectivity index (χ2n) is 19.9. The van der Waals surface area contributed by atoms with E-state index in [0.717, 1.165) is 54.1 Å². The Morgan fingerprint density at radius 2 is 0.533 bits per heavy atom. The molecular formula is C72H44N8O10. The smallest absolute Gasteiger partial charge is 0.345 e. The van der Waals surface area contributed by atoms with Crippen molar-refractivity contribution in [2.75, 3.05) is 0 Å². The van der Waals surface area contributed by atoms with Crippen LogP contribution in [0.1, 0.15) is 0 Å². The van der Waals surface area contributed by atoms with Gasteiger partial charge in [0.05, 0.1) is 32.6 Å². The molecule has 0 amide bonds. The molecule has 18 nitrogen and oxygen atoms in total. The van der Waals surface area contributed by atoms with Crippen LogP contribution >= 0.6 is 0 Å². The van der Waals surface area contributed by atoms with Crippen LogP contribution in [-0.4, -0.2) is 38.7 Å². The monoisotopic (exact) mass is 1180 g/mol. The fourth-order valence-electron chi connectivity index (χ4n) is 10.3. The van der Waals surface area contributed by atoms with Crippen molar-refractivity contribution in [2.24, 2.45) is 0 Å². The van der Waals surface area contributed by atoms with Crippen LogP contribution in [0.25, 0.3) is 120 Å². The number of para-hydroxylation sites is 2. The lowest BCUT2D eigenvalue weighted by Gasteiger charge is -2.03. The van der Waals surface area contributed by atoms with Gasteiger partial charge in [-0.15, -0.1) is 0 Å². The third-order valence-electron chi connectivity index (χ3n) is 14.4. The molecule has 0 bridgehead atoms. The zero-order chi connectivity index (χ0) is 61.5. The second kappa shape index (κ2) is 24.9. The van der Waals surface area contributed by atoms with Crippen LogP contribution in [0.5, 0.6) is 0 Å². The normalized spacial score (nSPS) is 10.9. The molecule has 0 radical (unpaired) electrons. The highest BCUT2D eigenvalue weighted by atomic mass is 16.4. The molecule has 0 N–H and O–H groups in total. The summed E-state index contributed by atoms with van der Waals surface area (Å²) in [5, 5.41) is 9.79. The summed E-state index contributed by atoms with van der Waals surface area (Å²) in [6.45, 7) is 0. The van der Waals surface area contributed by atoms with Crippen LogP contribution in [0.2, 0.25) is 0 Å². The molecular weight excluding hydrogens is 1140 g/mol. The maximum Gasteiger partial charge on any atom is 0.345 e. The quantitative estimate of drug-likeness (QED) is 0.101. The van der Waals surface area contributed by atoms with Gasteiger partial charge in [-0.25, -0.2) is 19.2 Å². The average molecular weight is 1180 g/mol. The van der Waals surface area contributed by atoms with E-state index in [2.05, 4.69) is 29.9 Å². The molecule has 18 heteroatoms. The van der Waals surface area contributed by atoms with Crippen LogP contribution in [0, 0.1) is 0 Å². The van der Waals surface area contributed by atoms with E-state index in [1.807, 2.05) is 155 Å². The van der Waals surface area contributed by atoms with E-state index in [0.29, 0.717) is 66.2 Å². The van der Waals surface area contributed by atoms with Gasteiger partial charge in [-0.2, -0.15) is 9.97 Å². The summed E-state index contributed by atoms with van der Waals surface area (Å²) in [5.74, 6) is 0. The number of nitrogens with zero attached hydrogens (tertiary/aromatic N) is 8. The molecule has 0 atom stereocenters. The third-order valence-corrected chi connectivity index (χ3v) is 14.4. The number of benzene rings is 6. The van der Waals surface area contributed by atoms with E-state index in [-0.39, 0.29) is 33.6 Å². The minimum absolute atomic E-state index is 0.202. The first-order valence-corrected chi connectivity index (χ1v) is 27.9. The summed E-state index contributed by atoms with van der Waals surface area (Å²) in [7, 11) is 0. The summed E-state index contributed by atoms with van der Waals surface area (Å²) < 4.78 is 24.4. The van der Waals surface area contributed by atoms with Gasteiger partial charge >= 0.3 is 22.5 Å². The van der Waals surface area contributed by atoms with Crippen molar-refractivity contribution in [1.82, 2.24) is 38.7 Å². The van der Waals surface area contributed by atoms with E-state index in [1.54, 1.807) is 110 Å². The first kappa shape index (κ1) is 56.2. The zero-order valence-corrected chi connectivity index (χ0v) is 47.1. The SMILES string of the molecule is O=c1ccn2ccc3ccccc3c2n1.O=c1ccn2ccc3ccccc3c2n1.O=c1oc2ccccc2c2ncccc12.O=c1oc2ccccc2c2ncccc12.O=c1oc2cccnc2c2ccccc12.O=c1oc2cccnc2c2ccccc12. The van der Waals surface area contributed by atoms with E-state index < -0.39 is 0 Å². The predicted octanol–water partition coefficient (Wildman–Crippen LogP) is 13.1. The number of rotatable bonds is 0. The second-order valence-corrected chi connectivity index (χ2v) is 19.9. The largest absolute Gasteiger partial charge is 0.422 e. The molecule has 0 saturated heterocycles. The van der Waals surface area contributed by atoms with Gasteiger partial charge in [0.15, 0.2) is 11.2 Å². The Balaban J connectivity index is 0.0000000991. The van der Waals surface area contributed by atoms with Crippen molar-refractivity contribution >= 4 is 120 Å². The summed E-state index contributed by atoms with van der Waals surface area (Å²) >= 11 is 0. The maximum atomic E-state index is 11.6. The standard InChI is InChI=1S/2C12H8N2O.4C12H7NO2/c2*15-11-6-8-14-7-5-9-3-1-2-4-10(9)12(14)13-11;2*14-12-9-5-3-7-13-11(9)8-4-1-2-6-10(8)15-12;2*14-12-9-5-2-1-4-8(9)11-10(15-12)6-3-7-13-11/h2*1-8H;4*1-7H. The predicted molar refractivity (Wildman–Crippen MR) is 349 cm³/mol. The Bertz CT molecular complexity index is 5490. The van der Waals surface area contributed by atoms with Crippen molar-refractivity contribution in [3.8, 4) is 0 Å². The molecule has 12 aromatic heterocycles. The topological polar surface area (TPSA) is 241 Å². The molecule has 0 unspecified atom stereocenters. The lowest BCUT2D eigenvalue weighted by molar-refractivity contribution is 0.568. The third kappa shape index (κ3) is 11.5. The van der Waals surface area contributed by atoms with Crippen molar-refractivity contribution in [2.45, 2.75) is 0 Å². The molecule has 0 fully saturated rings. The Hall–Kier alpha value is -13.0. The lowest BCUT2D eigenvalue weighted by atomic mass is 10.1. The summed E-state index contributed by atoms with van der Waals surface area (Å²) in [4.78, 5) is 93.7. The lowest BCUT2D eigenvalue weighted by Crippen LogP contribution is -2.06. The van der Waals surface area contributed by atoms with Gasteiger partial charge in [-0.1, -0.05) is 109 Å².